The number of ether oxygens (including phenoxy) is 1. The summed E-state index contributed by atoms with van der Waals surface area (Å²) in [5, 5.41) is 0. The zero-order valence-corrected chi connectivity index (χ0v) is 20.9. The van der Waals surface area contributed by atoms with Crippen molar-refractivity contribution in [2.45, 2.75) is 104 Å². The van der Waals surface area contributed by atoms with E-state index in [9.17, 15) is 0 Å². The third-order valence-electron chi connectivity index (χ3n) is 6.24. The van der Waals surface area contributed by atoms with Gasteiger partial charge >= 0.3 is 0 Å². The second-order valence-electron chi connectivity index (χ2n) is 9.20. The van der Waals surface area contributed by atoms with Crippen molar-refractivity contribution in [1.82, 2.24) is 0 Å². The van der Waals surface area contributed by atoms with Gasteiger partial charge < -0.3 is 4.74 Å². The Balaban J connectivity index is 1.50. The van der Waals surface area contributed by atoms with Crippen molar-refractivity contribution in [3.8, 4) is 5.75 Å². The van der Waals surface area contributed by atoms with E-state index in [2.05, 4.69) is 56.1 Å². The molecule has 2 nitrogen and oxygen atoms in total. The quantitative estimate of drug-likeness (QED) is 0.179. The molecule has 0 unspecified atom stereocenters. The summed E-state index contributed by atoms with van der Waals surface area (Å²) in [7, 11) is 0. The van der Waals surface area contributed by atoms with Gasteiger partial charge in [-0.3, -0.25) is 4.99 Å². The number of aryl methyl sites for hydroxylation is 2. The van der Waals surface area contributed by atoms with Gasteiger partial charge in [-0.2, -0.15) is 0 Å². The first-order valence-electron chi connectivity index (χ1n) is 13.0. The fraction of sp³-hybridized carbons (Fsp3) is 0.567. The Bertz CT molecular complexity index is 763. The third-order valence-corrected chi connectivity index (χ3v) is 6.24. The fourth-order valence-corrected chi connectivity index (χ4v) is 3.92. The lowest BCUT2D eigenvalue weighted by Crippen LogP contribution is -1.96. The zero-order chi connectivity index (χ0) is 22.9. The summed E-state index contributed by atoms with van der Waals surface area (Å²) >= 11 is 0. The molecular weight excluding hydrogens is 390 g/mol. The van der Waals surface area contributed by atoms with E-state index in [1.807, 2.05) is 18.3 Å². The van der Waals surface area contributed by atoms with Crippen molar-refractivity contribution in [1.29, 1.82) is 0 Å². The van der Waals surface area contributed by atoms with Crippen molar-refractivity contribution in [2.24, 2.45) is 4.99 Å². The first kappa shape index (κ1) is 26.2. The molecular formula is C30H45NO. The van der Waals surface area contributed by atoms with Crippen LogP contribution < -0.4 is 4.74 Å². The largest absolute Gasteiger partial charge is 0.489 e. The number of unbranched alkanes of at least 4 members (excludes halogenated alkanes) is 11. The molecule has 0 fully saturated rings. The van der Waals surface area contributed by atoms with E-state index in [0.29, 0.717) is 6.61 Å². The topological polar surface area (TPSA) is 21.6 Å². The summed E-state index contributed by atoms with van der Waals surface area (Å²) in [5.74, 6) is 0.904. The van der Waals surface area contributed by atoms with Crippen LogP contribution >= 0.6 is 0 Å². The first-order valence-corrected chi connectivity index (χ1v) is 13.0. The van der Waals surface area contributed by atoms with Gasteiger partial charge in [0.15, 0.2) is 0 Å². The molecule has 2 aromatic rings. The monoisotopic (exact) mass is 435 g/mol. The molecule has 176 valence electrons. The molecule has 0 aliphatic heterocycles. The highest BCUT2D eigenvalue weighted by Gasteiger charge is 1.99. The summed E-state index contributed by atoms with van der Waals surface area (Å²) in [6.07, 6.45) is 18.6. The smallest absolute Gasteiger partial charge is 0.119 e. The lowest BCUT2D eigenvalue weighted by atomic mass is 10.1. The van der Waals surface area contributed by atoms with E-state index >= 15 is 0 Å². The lowest BCUT2D eigenvalue weighted by Gasteiger charge is -2.08. The van der Waals surface area contributed by atoms with Crippen molar-refractivity contribution >= 4 is 6.21 Å². The fourth-order valence-electron chi connectivity index (χ4n) is 3.92. The van der Waals surface area contributed by atoms with Gasteiger partial charge in [-0.15, -0.1) is 0 Å². The Morgan fingerprint density at radius 2 is 1.28 bits per heavy atom. The molecule has 0 N–H and O–H groups in total. The number of aliphatic imine (C=N–C) groups is 1. The molecule has 0 aliphatic rings. The second kappa shape index (κ2) is 16.5. The maximum atomic E-state index is 5.92. The molecule has 0 amide bonds. The third kappa shape index (κ3) is 11.5. The van der Waals surface area contributed by atoms with E-state index in [-0.39, 0.29) is 0 Å². The maximum Gasteiger partial charge on any atom is 0.119 e. The van der Waals surface area contributed by atoms with Crippen LogP contribution in [0.15, 0.2) is 47.5 Å². The van der Waals surface area contributed by atoms with Crippen LogP contribution in [-0.2, 0) is 6.61 Å². The molecule has 0 heterocycles. The average molecular weight is 436 g/mol. The van der Waals surface area contributed by atoms with Crippen LogP contribution in [0.5, 0.6) is 5.75 Å². The predicted octanol–water partition coefficient (Wildman–Crippen LogP) is 9.00. The predicted molar refractivity (Wildman–Crippen MR) is 140 cm³/mol. The van der Waals surface area contributed by atoms with E-state index in [1.165, 1.54) is 93.7 Å². The van der Waals surface area contributed by atoms with Gasteiger partial charge in [0.2, 0.25) is 0 Å². The summed E-state index contributed by atoms with van der Waals surface area (Å²) in [5.41, 5.74) is 4.98. The molecule has 0 saturated heterocycles. The van der Waals surface area contributed by atoms with Gasteiger partial charge in [0.25, 0.3) is 0 Å². The Morgan fingerprint density at radius 3 is 1.88 bits per heavy atom. The van der Waals surface area contributed by atoms with Crippen LogP contribution in [0.3, 0.4) is 0 Å². The Morgan fingerprint density at radius 1 is 0.688 bits per heavy atom. The number of hydrogen-bond donors (Lipinski definition) is 0. The number of nitrogens with zero attached hydrogens (tertiary/aromatic N) is 1. The lowest BCUT2D eigenvalue weighted by molar-refractivity contribution is 0.306. The molecule has 0 saturated carbocycles. The minimum atomic E-state index is 0.605. The standard InChI is InChI=1S/C30H45NO/c1-4-5-6-7-8-9-10-11-12-13-14-15-22-31-24-28-18-20-30(21-19-28)32-25-29-17-16-26(2)27(3)23-29/h16-21,23-24H,4-15,22,25H2,1-3H3. The van der Waals surface area contributed by atoms with E-state index in [0.717, 1.165) is 17.9 Å². The van der Waals surface area contributed by atoms with Crippen LogP contribution in [-0.4, -0.2) is 12.8 Å². The van der Waals surface area contributed by atoms with E-state index < -0.39 is 0 Å². The van der Waals surface area contributed by atoms with Gasteiger partial charge in [0.1, 0.15) is 12.4 Å². The number of benzene rings is 2. The minimum absolute atomic E-state index is 0.605. The second-order valence-corrected chi connectivity index (χ2v) is 9.20. The summed E-state index contributed by atoms with van der Waals surface area (Å²) in [6.45, 7) is 8.10. The van der Waals surface area contributed by atoms with Crippen molar-refractivity contribution in [3.63, 3.8) is 0 Å². The Labute approximate surface area is 197 Å². The molecule has 2 rings (SSSR count). The van der Waals surface area contributed by atoms with E-state index in [1.54, 1.807) is 0 Å². The summed E-state index contributed by atoms with van der Waals surface area (Å²) < 4.78 is 5.92. The molecule has 0 spiro atoms. The van der Waals surface area contributed by atoms with Gasteiger partial charge in [0.05, 0.1) is 0 Å². The highest BCUT2D eigenvalue weighted by atomic mass is 16.5. The minimum Gasteiger partial charge on any atom is -0.489 e. The van der Waals surface area contributed by atoms with Gasteiger partial charge in [-0.25, -0.2) is 0 Å². The van der Waals surface area contributed by atoms with Gasteiger partial charge in [-0.05, 0) is 66.8 Å². The molecule has 32 heavy (non-hydrogen) atoms. The number of hydrogen-bond acceptors (Lipinski definition) is 2. The molecule has 0 radical (unpaired) electrons. The Hall–Kier alpha value is -2.09. The van der Waals surface area contributed by atoms with Gasteiger partial charge in [0, 0.05) is 12.8 Å². The maximum absolute atomic E-state index is 5.92. The molecule has 0 bridgehead atoms. The highest BCUT2D eigenvalue weighted by Crippen LogP contribution is 2.16. The normalized spacial score (nSPS) is 11.3. The van der Waals surface area contributed by atoms with Crippen LogP contribution in [0.4, 0.5) is 0 Å². The highest BCUT2D eigenvalue weighted by molar-refractivity contribution is 5.79. The van der Waals surface area contributed by atoms with Crippen LogP contribution in [0.1, 0.15) is 106 Å². The molecule has 2 aromatic carbocycles. The van der Waals surface area contributed by atoms with Crippen molar-refractivity contribution < 1.29 is 4.74 Å². The summed E-state index contributed by atoms with van der Waals surface area (Å²) in [6, 6.07) is 14.7. The zero-order valence-electron chi connectivity index (χ0n) is 20.9. The SMILES string of the molecule is CCCCCCCCCCCCCCN=Cc1ccc(OCc2ccc(C)c(C)c2)cc1. The molecule has 0 aromatic heterocycles. The van der Waals surface area contributed by atoms with Crippen LogP contribution in [0, 0.1) is 13.8 Å². The van der Waals surface area contributed by atoms with Crippen molar-refractivity contribution in [2.75, 3.05) is 6.54 Å². The summed E-state index contributed by atoms with van der Waals surface area (Å²) in [4.78, 5) is 4.60. The Kier molecular flexibility index (Phi) is 13.5. The molecule has 2 heteroatoms. The van der Waals surface area contributed by atoms with Gasteiger partial charge in [-0.1, -0.05) is 95.8 Å². The molecule has 0 aliphatic carbocycles. The van der Waals surface area contributed by atoms with E-state index in [4.69, 9.17) is 4.74 Å². The molecule has 0 atom stereocenters. The van der Waals surface area contributed by atoms with Crippen LogP contribution in [0.25, 0.3) is 0 Å². The van der Waals surface area contributed by atoms with Crippen molar-refractivity contribution in [3.05, 3.63) is 64.7 Å². The van der Waals surface area contributed by atoms with Crippen LogP contribution in [0.2, 0.25) is 0 Å². The average Bonchev–Trinajstić information content (AvgIpc) is 2.81. The first-order chi connectivity index (χ1) is 15.7. The number of rotatable bonds is 17.